The minimum atomic E-state index is -0.835. The lowest BCUT2D eigenvalue weighted by Gasteiger charge is -2.22. The van der Waals surface area contributed by atoms with Gasteiger partial charge in [0, 0.05) is 18.1 Å². The number of benzene rings is 4. The fourth-order valence-corrected chi connectivity index (χ4v) is 3.89. The number of aliphatic hydroxyl groups excluding tert-OH is 1. The Balaban J connectivity index is 1.72. The summed E-state index contributed by atoms with van der Waals surface area (Å²) in [6, 6.07) is 30.5. The number of fused-ring (bicyclic) bond motifs is 1. The first-order valence-electron chi connectivity index (χ1n) is 10.2. The molecule has 0 heterocycles. The molecule has 154 valence electrons. The summed E-state index contributed by atoms with van der Waals surface area (Å²) >= 11 is 0. The highest BCUT2D eigenvalue weighted by Gasteiger charge is 2.22. The van der Waals surface area contributed by atoms with Gasteiger partial charge in [-0.05, 0) is 46.0 Å². The molecule has 4 aromatic rings. The van der Waals surface area contributed by atoms with Crippen molar-refractivity contribution in [2.45, 2.75) is 18.4 Å². The molecule has 4 heteroatoms. The molecule has 4 aromatic carbocycles. The summed E-state index contributed by atoms with van der Waals surface area (Å²) in [5, 5.41) is 24.5. The van der Waals surface area contributed by atoms with Crippen molar-refractivity contribution in [2.75, 3.05) is 0 Å². The lowest BCUT2D eigenvalue weighted by Crippen LogP contribution is -2.10. The lowest BCUT2D eigenvalue weighted by molar-refractivity contribution is -0.384. The van der Waals surface area contributed by atoms with Crippen LogP contribution in [-0.2, 0) is 6.42 Å². The van der Waals surface area contributed by atoms with Crippen LogP contribution < -0.4 is 0 Å². The van der Waals surface area contributed by atoms with E-state index >= 15 is 0 Å². The third-order valence-corrected chi connectivity index (χ3v) is 5.51. The number of hydrogen-bond acceptors (Lipinski definition) is 3. The molecular formula is C27H23NO3. The highest BCUT2D eigenvalue weighted by Crippen LogP contribution is 2.36. The van der Waals surface area contributed by atoms with E-state index in [2.05, 4.69) is 36.4 Å². The van der Waals surface area contributed by atoms with E-state index in [1.54, 1.807) is 12.1 Å². The fraction of sp³-hybridized carbons (Fsp3) is 0.111. The van der Waals surface area contributed by atoms with Crippen LogP contribution in [0.25, 0.3) is 10.8 Å². The minimum absolute atomic E-state index is 0.0114. The van der Waals surface area contributed by atoms with Crippen LogP contribution in [0, 0.1) is 10.1 Å². The molecule has 0 saturated heterocycles. The van der Waals surface area contributed by atoms with Crippen molar-refractivity contribution in [3.05, 3.63) is 136 Å². The number of hydrogen-bond donors (Lipinski definition) is 1. The van der Waals surface area contributed by atoms with E-state index in [0.29, 0.717) is 5.56 Å². The van der Waals surface area contributed by atoms with Gasteiger partial charge in [0.05, 0.1) is 11.0 Å². The van der Waals surface area contributed by atoms with Crippen molar-refractivity contribution in [3.63, 3.8) is 0 Å². The standard InChI is InChI=1S/C27H23NO3/c29-27(22-16-18-23(19-17-22)28(30)31)26(15-6-10-20-8-2-1-3-9-20)25-14-7-12-21-11-4-5-13-24(21)25/h1-9,11-19,26-27,29H,10H2/b15-6-. The maximum atomic E-state index is 11.3. The second-order valence-electron chi connectivity index (χ2n) is 7.51. The largest absolute Gasteiger partial charge is 0.387 e. The van der Waals surface area contributed by atoms with E-state index in [9.17, 15) is 15.2 Å². The van der Waals surface area contributed by atoms with Gasteiger partial charge in [-0.1, -0.05) is 84.9 Å². The van der Waals surface area contributed by atoms with Gasteiger partial charge >= 0.3 is 0 Å². The van der Waals surface area contributed by atoms with Gasteiger partial charge in [0.2, 0.25) is 0 Å². The summed E-state index contributed by atoms with van der Waals surface area (Å²) in [5.41, 5.74) is 2.87. The van der Waals surface area contributed by atoms with Gasteiger partial charge in [-0.15, -0.1) is 0 Å². The lowest BCUT2D eigenvalue weighted by atomic mass is 9.85. The Labute approximate surface area is 181 Å². The van der Waals surface area contributed by atoms with E-state index in [1.165, 1.54) is 17.7 Å². The van der Waals surface area contributed by atoms with Crippen LogP contribution in [-0.4, -0.2) is 10.0 Å². The topological polar surface area (TPSA) is 63.4 Å². The van der Waals surface area contributed by atoms with Crippen LogP contribution in [0.3, 0.4) is 0 Å². The highest BCUT2D eigenvalue weighted by molar-refractivity contribution is 5.86. The summed E-state index contributed by atoms with van der Waals surface area (Å²) in [7, 11) is 0. The van der Waals surface area contributed by atoms with E-state index in [0.717, 1.165) is 22.8 Å². The zero-order chi connectivity index (χ0) is 21.6. The molecule has 0 radical (unpaired) electrons. The van der Waals surface area contributed by atoms with Gasteiger partial charge in [0.15, 0.2) is 0 Å². The molecule has 0 amide bonds. The average Bonchev–Trinajstić information content (AvgIpc) is 2.82. The van der Waals surface area contributed by atoms with Gasteiger partial charge in [-0.2, -0.15) is 0 Å². The Kier molecular flexibility index (Phi) is 6.20. The molecule has 31 heavy (non-hydrogen) atoms. The second-order valence-corrected chi connectivity index (χ2v) is 7.51. The quantitative estimate of drug-likeness (QED) is 0.219. The molecule has 0 aliphatic heterocycles. The summed E-state index contributed by atoms with van der Waals surface area (Å²) in [6.07, 6.45) is 4.05. The summed E-state index contributed by atoms with van der Waals surface area (Å²) in [4.78, 5) is 10.6. The van der Waals surface area contributed by atoms with Crippen molar-refractivity contribution in [1.29, 1.82) is 0 Å². The van der Waals surface area contributed by atoms with Crippen molar-refractivity contribution >= 4 is 16.5 Å². The second kappa shape index (κ2) is 9.37. The normalized spacial score (nSPS) is 13.3. The van der Waals surface area contributed by atoms with Crippen LogP contribution in [0.4, 0.5) is 5.69 Å². The summed E-state index contributed by atoms with van der Waals surface area (Å²) in [6.45, 7) is 0. The third-order valence-electron chi connectivity index (χ3n) is 5.51. The molecule has 4 nitrogen and oxygen atoms in total. The number of rotatable bonds is 7. The van der Waals surface area contributed by atoms with Crippen molar-refractivity contribution < 1.29 is 10.0 Å². The maximum Gasteiger partial charge on any atom is 0.269 e. The number of nitro groups is 1. The van der Waals surface area contributed by atoms with Gasteiger partial charge in [0.1, 0.15) is 0 Å². The molecule has 0 aromatic heterocycles. The number of aliphatic hydroxyl groups is 1. The van der Waals surface area contributed by atoms with E-state index in [4.69, 9.17) is 0 Å². The van der Waals surface area contributed by atoms with Crippen LogP contribution in [0.15, 0.2) is 109 Å². The van der Waals surface area contributed by atoms with Gasteiger partial charge in [-0.3, -0.25) is 10.1 Å². The molecule has 0 spiro atoms. The molecule has 4 rings (SSSR count). The molecule has 0 aliphatic rings. The Hall–Kier alpha value is -3.76. The first-order chi connectivity index (χ1) is 15.1. The molecule has 0 bridgehead atoms. The molecule has 1 N–H and O–H groups in total. The Morgan fingerprint density at radius 3 is 2.26 bits per heavy atom. The van der Waals surface area contributed by atoms with Crippen molar-refractivity contribution in [2.24, 2.45) is 0 Å². The molecule has 2 atom stereocenters. The third kappa shape index (κ3) is 4.71. The van der Waals surface area contributed by atoms with E-state index in [1.807, 2.05) is 48.5 Å². The van der Waals surface area contributed by atoms with Crippen LogP contribution in [0.5, 0.6) is 0 Å². The molecular weight excluding hydrogens is 386 g/mol. The maximum absolute atomic E-state index is 11.3. The van der Waals surface area contributed by atoms with Crippen LogP contribution in [0.1, 0.15) is 28.7 Å². The summed E-state index contributed by atoms with van der Waals surface area (Å²) < 4.78 is 0. The highest BCUT2D eigenvalue weighted by atomic mass is 16.6. The van der Waals surface area contributed by atoms with E-state index < -0.39 is 11.0 Å². The Morgan fingerprint density at radius 1 is 0.839 bits per heavy atom. The van der Waals surface area contributed by atoms with Crippen molar-refractivity contribution in [3.8, 4) is 0 Å². The van der Waals surface area contributed by atoms with Gasteiger partial charge < -0.3 is 5.11 Å². The number of non-ortho nitro benzene ring substituents is 1. The molecule has 2 unspecified atom stereocenters. The SMILES string of the molecule is O=[N+]([O-])c1ccc(C(O)C(/C=C\Cc2ccccc2)c2cccc3ccccc23)cc1. The minimum Gasteiger partial charge on any atom is -0.387 e. The first-order valence-corrected chi connectivity index (χ1v) is 10.2. The van der Waals surface area contributed by atoms with Gasteiger partial charge in [0.25, 0.3) is 5.69 Å². The Bertz CT molecular complexity index is 1190. The van der Waals surface area contributed by atoms with Crippen LogP contribution in [0.2, 0.25) is 0 Å². The molecule has 0 fully saturated rings. The number of allylic oxidation sites excluding steroid dienone is 1. The number of nitro benzene ring substituents is 1. The Morgan fingerprint density at radius 2 is 1.52 bits per heavy atom. The predicted molar refractivity (Wildman–Crippen MR) is 124 cm³/mol. The monoisotopic (exact) mass is 409 g/mol. The zero-order valence-corrected chi connectivity index (χ0v) is 17.0. The summed E-state index contributed by atoms with van der Waals surface area (Å²) in [5.74, 6) is -0.295. The fourth-order valence-electron chi connectivity index (χ4n) is 3.89. The smallest absolute Gasteiger partial charge is 0.269 e. The predicted octanol–water partition coefficient (Wildman–Crippen LogP) is 6.36. The van der Waals surface area contributed by atoms with Crippen molar-refractivity contribution in [1.82, 2.24) is 0 Å². The molecule has 0 saturated carbocycles. The zero-order valence-electron chi connectivity index (χ0n) is 17.0. The van der Waals surface area contributed by atoms with Crippen LogP contribution >= 0.6 is 0 Å². The molecule has 0 aliphatic carbocycles. The van der Waals surface area contributed by atoms with E-state index in [-0.39, 0.29) is 11.6 Å². The average molecular weight is 409 g/mol. The number of nitrogens with zero attached hydrogens (tertiary/aromatic N) is 1. The first kappa shape index (κ1) is 20.5. The van der Waals surface area contributed by atoms with Gasteiger partial charge in [-0.25, -0.2) is 0 Å².